The maximum Gasteiger partial charge on any atom is 0.387 e. The lowest BCUT2D eigenvalue weighted by Gasteiger charge is -2.37. The summed E-state index contributed by atoms with van der Waals surface area (Å²) in [6.45, 7) is 0.344. The van der Waals surface area contributed by atoms with Crippen LogP contribution in [0.5, 0.6) is 5.75 Å². The molecule has 4 nitrogen and oxygen atoms in total. The van der Waals surface area contributed by atoms with Crippen molar-refractivity contribution in [1.29, 1.82) is 0 Å². The number of ether oxygens (including phenoxy) is 1. The minimum absolute atomic E-state index is 0.0147. The molecule has 2 saturated heterocycles. The van der Waals surface area contributed by atoms with Gasteiger partial charge in [-0.1, -0.05) is 11.6 Å². The Morgan fingerprint density at radius 2 is 2.15 bits per heavy atom. The first-order valence-corrected chi connectivity index (χ1v) is 10.3. The van der Waals surface area contributed by atoms with Gasteiger partial charge in [0.05, 0.1) is 15.1 Å². The van der Waals surface area contributed by atoms with Crippen LogP contribution in [-0.2, 0) is 0 Å². The van der Waals surface area contributed by atoms with Crippen LogP contribution in [0.1, 0.15) is 22.5 Å². The van der Waals surface area contributed by atoms with Gasteiger partial charge < -0.3 is 9.64 Å². The Labute approximate surface area is 166 Å². The van der Waals surface area contributed by atoms with Crippen LogP contribution in [0.3, 0.4) is 0 Å². The van der Waals surface area contributed by atoms with Crippen molar-refractivity contribution < 1.29 is 18.3 Å². The highest BCUT2D eigenvalue weighted by molar-refractivity contribution is 9.10. The quantitative estimate of drug-likeness (QED) is 0.650. The number of rotatable bonds is 3. The van der Waals surface area contributed by atoms with Gasteiger partial charge in [0.25, 0.3) is 5.91 Å². The third-order valence-corrected chi connectivity index (χ3v) is 7.60. The Morgan fingerprint density at radius 1 is 1.35 bits per heavy atom. The fraction of sp³-hybridized carbons (Fsp3) is 0.471. The maximum absolute atomic E-state index is 13.1. The molecule has 4 rings (SSSR count). The molecule has 1 amide bonds. The zero-order chi connectivity index (χ0) is 18.4. The van der Waals surface area contributed by atoms with Gasteiger partial charge in [-0.15, -0.1) is 11.3 Å². The molecule has 0 bridgehead atoms. The lowest BCUT2D eigenvalue weighted by atomic mass is 10.1. The molecule has 0 saturated carbocycles. The van der Waals surface area contributed by atoms with E-state index in [9.17, 15) is 13.6 Å². The molecular weight excluding hydrogens is 450 g/mol. The van der Waals surface area contributed by atoms with E-state index in [4.69, 9.17) is 11.6 Å². The summed E-state index contributed by atoms with van der Waals surface area (Å²) in [4.78, 5) is 17.7. The molecule has 0 spiro atoms. The number of thiophene rings is 1. The molecule has 3 heterocycles. The third-order valence-electron chi connectivity index (χ3n) is 4.98. The first kappa shape index (κ1) is 18.4. The highest BCUT2D eigenvalue weighted by Crippen LogP contribution is 2.45. The van der Waals surface area contributed by atoms with E-state index in [1.165, 1.54) is 17.4 Å². The lowest BCUT2D eigenvalue weighted by molar-refractivity contribution is -0.0487. The molecule has 2 aliphatic rings. The van der Waals surface area contributed by atoms with Crippen LogP contribution in [0.15, 0.2) is 16.6 Å². The van der Waals surface area contributed by atoms with Gasteiger partial charge >= 0.3 is 6.61 Å². The summed E-state index contributed by atoms with van der Waals surface area (Å²) in [5, 5.41) is 0.537. The number of fused-ring (bicyclic) bond motifs is 2. The van der Waals surface area contributed by atoms with Gasteiger partial charge in [-0.05, 0) is 47.4 Å². The van der Waals surface area contributed by atoms with Crippen LogP contribution >= 0.6 is 38.9 Å². The summed E-state index contributed by atoms with van der Waals surface area (Å²) in [6.07, 6.45) is 2.26. The van der Waals surface area contributed by atoms with E-state index >= 15 is 0 Å². The van der Waals surface area contributed by atoms with Crippen molar-refractivity contribution in [1.82, 2.24) is 9.80 Å². The Kier molecular flexibility index (Phi) is 5.11. The molecule has 140 valence electrons. The lowest BCUT2D eigenvalue weighted by Crippen LogP contribution is -2.51. The molecule has 0 N–H and O–H groups in total. The summed E-state index contributed by atoms with van der Waals surface area (Å²) in [6, 6.07) is 3.46. The number of piperazine rings is 1. The molecule has 0 radical (unpaired) electrons. The van der Waals surface area contributed by atoms with Crippen molar-refractivity contribution in [2.45, 2.75) is 25.5 Å². The van der Waals surface area contributed by atoms with E-state index < -0.39 is 6.61 Å². The standard InChI is InChI=1S/C17H16BrClF2N2O2S/c18-10-3-4-11(25-17(20)21)12-13(19)15(26-14(10)12)16(24)23-7-6-22-5-1-2-9(22)8-23/h3-4,9,17H,1-2,5-8H2/t9-/m0/s1. The van der Waals surface area contributed by atoms with Crippen molar-refractivity contribution in [2.75, 3.05) is 26.2 Å². The van der Waals surface area contributed by atoms with Crippen LogP contribution in [0.25, 0.3) is 10.1 Å². The summed E-state index contributed by atoms with van der Waals surface area (Å²) in [7, 11) is 0. The van der Waals surface area contributed by atoms with Gasteiger partial charge in [-0.25, -0.2) is 0 Å². The highest BCUT2D eigenvalue weighted by atomic mass is 79.9. The highest BCUT2D eigenvalue weighted by Gasteiger charge is 2.34. The van der Waals surface area contributed by atoms with Crippen molar-refractivity contribution in [3.05, 3.63) is 26.5 Å². The zero-order valence-electron chi connectivity index (χ0n) is 13.7. The van der Waals surface area contributed by atoms with E-state index in [0.717, 1.165) is 25.9 Å². The van der Waals surface area contributed by atoms with Gasteiger partial charge in [0, 0.05) is 30.1 Å². The average molecular weight is 466 g/mol. The molecule has 1 atom stereocenters. The number of carbonyl (C=O) groups is 1. The molecule has 0 aliphatic carbocycles. The Hall–Kier alpha value is -0.960. The monoisotopic (exact) mass is 464 g/mol. The fourth-order valence-electron chi connectivity index (χ4n) is 3.76. The minimum atomic E-state index is -2.95. The molecule has 2 aromatic rings. The number of amides is 1. The summed E-state index contributed by atoms with van der Waals surface area (Å²) < 4.78 is 31.3. The van der Waals surface area contributed by atoms with Crippen molar-refractivity contribution >= 4 is 54.9 Å². The first-order valence-electron chi connectivity index (χ1n) is 8.34. The molecule has 1 aromatic carbocycles. The second-order valence-corrected chi connectivity index (χ2v) is 8.71. The van der Waals surface area contributed by atoms with Crippen molar-refractivity contribution in [3.63, 3.8) is 0 Å². The predicted molar refractivity (Wildman–Crippen MR) is 102 cm³/mol. The topological polar surface area (TPSA) is 32.8 Å². The third kappa shape index (κ3) is 3.21. The number of hydrogen-bond acceptors (Lipinski definition) is 4. The number of hydrogen-bond donors (Lipinski definition) is 0. The van der Waals surface area contributed by atoms with Gasteiger partial charge in [-0.3, -0.25) is 9.69 Å². The van der Waals surface area contributed by atoms with Gasteiger partial charge in [0.15, 0.2) is 0 Å². The van der Waals surface area contributed by atoms with Crippen molar-refractivity contribution in [3.8, 4) is 5.75 Å². The SMILES string of the molecule is O=C(c1sc2c(Br)ccc(OC(F)F)c2c1Cl)N1CCN2CCC[C@H]2C1. The van der Waals surface area contributed by atoms with Crippen LogP contribution in [0, 0.1) is 0 Å². The normalized spacial score (nSPS) is 20.8. The molecule has 26 heavy (non-hydrogen) atoms. The second kappa shape index (κ2) is 7.22. The number of nitrogens with zero attached hydrogens (tertiary/aromatic N) is 2. The number of alkyl halides is 2. The van der Waals surface area contributed by atoms with E-state index in [2.05, 4.69) is 25.6 Å². The van der Waals surface area contributed by atoms with Crippen LogP contribution < -0.4 is 4.74 Å². The fourth-order valence-corrected chi connectivity index (χ4v) is 5.85. The van der Waals surface area contributed by atoms with Crippen LogP contribution in [0.4, 0.5) is 8.78 Å². The molecule has 2 fully saturated rings. The smallest absolute Gasteiger partial charge is 0.387 e. The number of halogens is 4. The van der Waals surface area contributed by atoms with E-state index in [1.807, 2.05) is 4.90 Å². The zero-order valence-corrected chi connectivity index (χ0v) is 16.8. The maximum atomic E-state index is 13.1. The Bertz CT molecular complexity index is 863. The molecule has 2 aliphatic heterocycles. The van der Waals surface area contributed by atoms with E-state index in [-0.39, 0.29) is 16.7 Å². The van der Waals surface area contributed by atoms with Crippen molar-refractivity contribution in [2.24, 2.45) is 0 Å². The summed E-state index contributed by atoms with van der Waals surface area (Å²) in [5.74, 6) is -0.156. The predicted octanol–water partition coefficient (Wildman–Crippen LogP) is 4.84. The summed E-state index contributed by atoms with van der Waals surface area (Å²) in [5.41, 5.74) is 0. The Morgan fingerprint density at radius 3 is 2.92 bits per heavy atom. The van der Waals surface area contributed by atoms with E-state index in [1.54, 1.807) is 6.07 Å². The largest absolute Gasteiger partial charge is 0.434 e. The summed E-state index contributed by atoms with van der Waals surface area (Å²) >= 11 is 11.1. The van der Waals surface area contributed by atoms with Gasteiger partial charge in [0.1, 0.15) is 10.6 Å². The van der Waals surface area contributed by atoms with Crippen LogP contribution in [-0.4, -0.2) is 54.5 Å². The molecule has 9 heteroatoms. The minimum Gasteiger partial charge on any atom is -0.434 e. The number of carbonyl (C=O) groups excluding carboxylic acids is 1. The molecule has 0 unspecified atom stereocenters. The van der Waals surface area contributed by atoms with Crippen LogP contribution in [0.2, 0.25) is 5.02 Å². The first-order chi connectivity index (χ1) is 12.5. The second-order valence-electron chi connectivity index (χ2n) is 6.46. The van der Waals surface area contributed by atoms with E-state index in [0.29, 0.717) is 38.6 Å². The average Bonchev–Trinajstić information content (AvgIpc) is 3.21. The van der Waals surface area contributed by atoms with Gasteiger partial charge in [0.2, 0.25) is 0 Å². The number of benzene rings is 1. The molecule has 1 aromatic heterocycles. The Balaban J connectivity index is 1.69. The van der Waals surface area contributed by atoms with Gasteiger partial charge in [-0.2, -0.15) is 8.78 Å². The molecular formula is C17H16BrClF2N2O2S.